The van der Waals surface area contributed by atoms with Gasteiger partial charge in [-0.2, -0.15) is 5.26 Å². The van der Waals surface area contributed by atoms with Gasteiger partial charge in [0.15, 0.2) is 0 Å². The monoisotopic (exact) mass is 461 g/mol. The predicted molar refractivity (Wildman–Crippen MR) is 117 cm³/mol. The van der Waals surface area contributed by atoms with Gasteiger partial charge in [0.1, 0.15) is 24.0 Å². The molecule has 4 rings (SSSR count). The van der Waals surface area contributed by atoms with Crippen molar-refractivity contribution < 1.29 is 9.13 Å². The van der Waals surface area contributed by atoms with Crippen LogP contribution < -0.4 is 4.74 Å². The third-order valence-electron chi connectivity index (χ3n) is 4.75. The lowest BCUT2D eigenvalue weighted by Crippen LogP contribution is -1.99. The highest BCUT2D eigenvalue weighted by atomic mass is 79.9. The smallest absolute Gasteiger partial charge is 0.137 e. The van der Waals surface area contributed by atoms with E-state index in [4.69, 9.17) is 4.74 Å². The third kappa shape index (κ3) is 4.27. The van der Waals surface area contributed by atoms with Gasteiger partial charge >= 0.3 is 0 Å². The second-order valence-corrected chi connectivity index (χ2v) is 7.75. The molecule has 0 saturated heterocycles. The van der Waals surface area contributed by atoms with E-state index in [1.807, 2.05) is 37.3 Å². The summed E-state index contributed by atoms with van der Waals surface area (Å²) in [6.07, 6.45) is 1.76. The van der Waals surface area contributed by atoms with Crippen molar-refractivity contribution in [2.45, 2.75) is 13.5 Å². The number of nitrogens with one attached hydrogen (secondary N) is 1. The maximum Gasteiger partial charge on any atom is 0.137 e. The van der Waals surface area contributed by atoms with E-state index >= 15 is 0 Å². The zero-order chi connectivity index (χ0) is 21.1. The molecule has 0 amide bonds. The van der Waals surface area contributed by atoms with Crippen molar-refractivity contribution in [1.29, 1.82) is 5.26 Å². The molecule has 0 fully saturated rings. The van der Waals surface area contributed by atoms with E-state index in [9.17, 15) is 9.65 Å². The Kier molecular flexibility index (Phi) is 5.64. The van der Waals surface area contributed by atoms with Crippen molar-refractivity contribution in [2.75, 3.05) is 0 Å². The molecule has 0 aliphatic carbocycles. The first-order chi connectivity index (χ1) is 14.5. The summed E-state index contributed by atoms with van der Waals surface area (Å²) in [4.78, 5) is 7.68. The van der Waals surface area contributed by atoms with Crippen molar-refractivity contribution in [3.8, 4) is 34.5 Å². The lowest BCUT2D eigenvalue weighted by Gasteiger charge is -2.11. The summed E-state index contributed by atoms with van der Waals surface area (Å²) >= 11 is 3.38. The Bertz CT molecular complexity index is 1240. The Morgan fingerprint density at radius 1 is 1.07 bits per heavy atom. The zero-order valence-electron chi connectivity index (χ0n) is 16.1. The minimum Gasteiger partial charge on any atom is -0.489 e. The van der Waals surface area contributed by atoms with E-state index in [0.717, 1.165) is 38.2 Å². The first-order valence-electron chi connectivity index (χ1n) is 9.27. The van der Waals surface area contributed by atoms with Gasteiger partial charge in [0.2, 0.25) is 0 Å². The molecule has 0 aliphatic heterocycles. The van der Waals surface area contributed by atoms with Crippen LogP contribution in [0.25, 0.3) is 22.6 Å². The highest BCUT2D eigenvalue weighted by Crippen LogP contribution is 2.28. The molecule has 0 aliphatic rings. The number of benzene rings is 3. The van der Waals surface area contributed by atoms with Crippen molar-refractivity contribution in [3.05, 3.63) is 93.8 Å². The van der Waals surface area contributed by atoms with Crippen LogP contribution in [0, 0.1) is 24.1 Å². The minimum atomic E-state index is -0.276. The van der Waals surface area contributed by atoms with Crippen molar-refractivity contribution in [3.63, 3.8) is 0 Å². The number of nitriles is 1. The number of nitrogens with zero attached hydrogens (tertiary/aromatic N) is 2. The molecular formula is C24H17BrFN3O. The quantitative estimate of drug-likeness (QED) is 0.373. The van der Waals surface area contributed by atoms with Gasteiger partial charge in [-0.15, -0.1) is 0 Å². The SMILES string of the molecule is Cc1cc(-c2cnc(-c3ccc(F)cc3)[nH]2)ccc1OCc1ccc(Br)cc1C#N. The van der Waals surface area contributed by atoms with Gasteiger partial charge in [-0.3, -0.25) is 0 Å². The number of aromatic nitrogens is 2. The normalized spacial score (nSPS) is 10.6. The van der Waals surface area contributed by atoms with Crippen molar-refractivity contribution in [1.82, 2.24) is 9.97 Å². The van der Waals surface area contributed by atoms with E-state index < -0.39 is 0 Å². The molecule has 6 heteroatoms. The summed E-state index contributed by atoms with van der Waals surface area (Å²) in [5.74, 6) is 1.16. The fraction of sp³-hybridized carbons (Fsp3) is 0.0833. The summed E-state index contributed by atoms with van der Waals surface area (Å²) in [5.41, 5.74) is 5.06. The maximum atomic E-state index is 13.1. The van der Waals surface area contributed by atoms with E-state index in [-0.39, 0.29) is 5.82 Å². The second-order valence-electron chi connectivity index (χ2n) is 6.83. The number of hydrogen-bond acceptors (Lipinski definition) is 3. The Labute approximate surface area is 182 Å². The molecule has 0 saturated carbocycles. The minimum absolute atomic E-state index is 0.276. The standard InChI is InChI=1S/C24H17BrFN3O/c1-15-10-17(22-13-28-24(29-22)16-3-7-21(26)8-4-16)5-9-23(15)30-14-18-2-6-20(25)11-19(18)12-27/h2-11,13H,14H2,1H3,(H,28,29). The van der Waals surface area contributed by atoms with Crippen LogP contribution in [0.1, 0.15) is 16.7 Å². The van der Waals surface area contributed by atoms with Crippen LogP contribution in [0.5, 0.6) is 5.75 Å². The van der Waals surface area contributed by atoms with Crippen LogP contribution in [0.3, 0.4) is 0 Å². The maximum absolute atomic E-state index is 13.1. The molecular weight excluding hydrogens is 445 g/mol. The summed E-state index contributed by atoms with van der Waals surface area (Å²) in [7, 11) is 0. The molecule has 148 valence electrons. The molecule has 0 unspecified atom stereocenters. The van der Waals surface area contributed by atoms with E-state index in [1.54, 1.807) is 24.4 Å². The van der Waals surface area contributed by atoms with E-state index in [0.29, 0.717) is 18.0 Å². The fourth-order valence-corrected chi connectivity index (χ4v) is 3.50. The molecule has 30 heavy (non-hydrogen) atoms. The highest BCUT2D eigenvalue weighted by molar-refractivity contribution is 9.10. The lowest BCUT2D eigenvalue weighted by molar-refractivity contribution is 0.304. The number of rotatable bonds is 5. The molecule has 1 heterocycles. The number of hydrogen-bond donors (Lipinski definition) is 1. The van der Waals surface area contributed by atoms with Gasteiger partial charge in [0.25, 0.3) is 0 Å². The second kappa shape index (κ2) is 8.52. The number of aryl methyl sites for hydroxylation is 1. The van der Waals surface area contributed by atoms with Crippen LogP contribution >= 0.6 is 15.9 Å². The van der Waals surface area contributed by atoms with Gasteiger partial charge in [-0.1, -0.05) is 22.0 Å². The van der Waals surface area contributed by atoms with Crippen LogP contribution in [-0.4, -0.2) is 9.97 Å². The zero-order valence-corrected chi connectivity index (χ0v) is 17.7. The Morgan fingerprint density at radius 2 is 1.83 bits per heavy atom. The number of halogens is 2. The van der Waals surface area contributed by atoms with E-state index in [2.05, 4.69) is 32.0 Å². The van der Waals surface area contributed by atoms with Crippen molar-refractivity contribution in [2.24, 2.45) is 0 Å². The van der Waals surface area contributed by atoms with Crippen molar-refractivity contribution >= 4 is 15.9 Å². The highest BCUT2D eigenvalue weighted by Gasteiger charge is 2.09. The molecule has 0 radical (unpaired) electrons. The summed E-state index contributed by atoms with van der Waals surface area (Å²) < 4.78 is 19.9. The predicted octanol–water partition coefficient (Wildman–Crippen LogP) is 6.40. The Hall–Kier alpha value is -3.43. The summed E-state index contributed by atoms with van der Waals surface area (Å²) in [5, 5.41) is 9.30. The topological polar surface area (TPSA) is 61.7 Å². The Morgan fingerprint density at radius 3 is 2.57 bits per heavy atom. The average molecular weight is 462 g/mol. The number of imidazole rings is 1. The molecule has 0 atom stereocenters. The first kappa shape index (κ1) is 19.9. The van der Waals surface area contributed by atoms with Gasteiger partial charge in [0, 0.05) is 21.2 Å². The van der Waals surface area contributed by atoms with E-state index in [1.165, 1.54) is 12.1 Å². The summed E-state index contributed by atoms with van der Waals surface area (Å²) in [6.45, 7) is 2.29. The molecule has 3 aromatic carbocycles. The molecule has 4 aromatic rings. The molecule has 1 N–H and O–H groups in total. The molecule has 1 aromatic heterocycles. The average Bonchev–Trinajstić information content (AvgIpc) is 3.24. The largest absolute Gasteiger partial charge is 0.489 e. The molecule has 0 bridgehead atoms. The van der Waals surface area contributed by atoms with Crippen LogP contribution in [0.2, 0.25) is 0 Å². The first-order valence-corrected chi connectivity index (χ1v) is 10.1. The number of aromatic amines is 1. The van der Waals surface area contributed by atoms with Gasteiger partial charge < -0.3 is 9.72 Å². The van der Waals surface area contributed by atoms with Gasteiger partial charge in [0.05, 0.1) is 23.5 Å². The number of H-pyrrole nitrogens is 1. The Balaban J connectivity index is 1.51. The fourth-order valence-electron chi connectivity index (χ4n) is 3.14. The third-order valence-corrected chi connectivity index (χ3v) is 5.25. The van der Waals surface area contributed by atoms with Crippen LogP contribution in [-0.2, 0) is 6.61 Å². The molecule has 0 spiro atoms. The summed E-state index contributed by atoms with van der Waals surface area (Å²) in [6, 6.07) is 19.9. The van der Waals surface area contributed by atoms with Crippen LogP contribution in [0.4, 0.5) is 4.39 Å². The number of ether oxygens (including phenoxy) is 1. The van der Waals surface area contributed by atoms with Gasteiger partial charge in [-0.25, -0.2) is 9.37 Å². The molecule has 4 nitrogen and oxygen atoms in total. The lowest BCUT2D eigenvalue weighted by atomic mass is 10.1. The van der Waals surface area contributed by atoms with Gasteiger partial charge in [-0.05, 0) is 67.1 Å². The van der Waals surface area contributed by atoms with Crippen LogP contribution in [0.15, 0.2) is 71.3 Å².